The van der Waals surface area contributed by atoms with Crippen molar-refractivity contribution in [2.45, 2.75) is 13.0 Å². The maximum atomic E-state index is 13.9. The van der Waals surface area contributed by atoms with Gasteiger partial charge in [-0.25, -0.2) is 18.3 Å². The van der Waals surface area contributed by atoms with Gasteiger partial charge in [-0.15, -0.1) is 0 Å². The van der Waals surface area contributed by atoms with E-state index in [9.17, 15) is 13.6 Å². The molecular weight excluding hydrogens is 452 g/mol. The fraction of sp³-hybridized carbons (Fsp3) is 0.269. The molecule has 7 nitrogen and oxygen atoms in total. The molecule has 0 unspecified atom stereocenters. The van der Waals surface area contributed by atoms with Crippen molar-refractivity contribution in [2.75, 3.05) is 33.3 Å². The number of benzene rings is 2. The van der Waals surface area contributed by atoms with Gasteiger partial charge in [0.15, 0.2) is 5.65 Å². The zero-order chi connectivity index (χ0) is 24.4. The zero-order valence-corrected chi connectivity index (χ0v) is 19.3. The topological polar surface area (TPSA) is 63.0 Å². The Labute approximate surface area is 201 Å². The highest BCUT2D eigenvalue weighted by Gasteiger charge is 2.27. The number of carbonyl (C=O) groups excluding carboxylic acids is 1. The van der Waals surface area contributed by atoms with Gasteiger partial charge < -0.3 is 9.64 Å². The lowest BCUT2D eigenvalue weighted by Gasteiger charge is -2.34. The Morgan fingerprint density at radius 3 is 2.40 bits per heavy atom. The summed E-state index contributed by atoms with van der Waals surface area (Å²) in [4.78, 5) is 22.0. The van der Waals surface area contributed by atoms with Crippen molar-refractivity contribution in [1.29, 1.82) is 0 Å². The molecule has 0 radical (unpaired) electrons. The number of alkyl halides is 2. The number of ether oxygens (including phenoxy) is 1. The molecular formula is C26H25F2N5O2. The van der Waals surface area contributed by atoms with Gasteiger partial charge >= 0.3 is 0 Å². The number of piperazine rings is 1. The summed E-state index contributed by atoms with van der Waals surface area (Å²) in [5.41, 5.74) is 2.25. The third-order valence-corrected chi connectivity index (χ3v) is 6.25. The summed E-state index contributed by atoms with van der Waals surface area (Å²) in [6.45, 7) is 3.37. The van der Waals surface area contributed by atoms with Crippen LogP contribution in [0.5, 0.6) is 5.75 Å². The molecule has 4 aromatic rings. The fourth-order valence-electron chi connectivity index (χ4n) is 4.32. The second kappa shape index (κ2) is 9.79. The number of rotatable bonds is 6. The van der Waals surface area contributed by atoms with Crippen LogP contribution in [0.4, 0.5) is 8.78 Å². The van der Waals surface area contributed by atoms with E-state index in [1.807, 2.05) is 18.2 Å². The summed E-state index contributed by atoms with van der Waals surface area (Å²) >= 11 is 0. The van der Waals surface area contributed by atoms with Crippen LogP contribution in [0, 0.1) is 0 Å². The van der Waals surface area contributed by atoms with E-state index in [0.717, 1.165) is 24.1 Å². The van der Waals surface area contributed by atoms with Crippen LogP contribution in [0.3, 0.4) is 0 Å². The molecule has 0 saturated carbocycles. The molecule has 0 bridgehead atoms. The van der Waals surface area contributed by atoms with Crippen molar-refractivity contribution < 1.29 is 18.3 Å². The van der Waals surface area contributed by atoms with E-state index >= 15 is 0 Å². The SMILES string of the molecule is COc1ccc(-c2cc(C(F)F)n3ncc(C(=O)N4CCN(Cc5ccccc5)CC4)c3n2)cc1. The third-order valence-electron chi connectivity index (χ3n) is 6.25. The van der Waals surface area contributed by atoms with Crippen LogP contribution in [0.15, 0.2) is 66.9 Å². The minimum absolute atomic E-state index is 0.130. The molecule has 5 rings (SSSR count). The number of hydrogen-bond donors (Lipinski definition) is 0. The lowest BCUT2D eigenvalue weighted by molar-refractivity contribution is 0.0630. The van der Waals surface area contributed by atoms with Crippen LogP contribution in [-0.2, 0) is 6.54 Å². The zero-order valence-electron chi connectivity index (χ0n) is 19.3. The van der Waals surface area contributed by atoms with Crippen molar-refractivity contribution >= 4 is 11.6 Å². The van der Waals surface area contributed by atoms with Gasteiger partial charge in [0.25, 0.3) is 12.3 Å². The summed E-state index contributed by atoms with van der Waals surface area (Å²) in [5, 5.41) is 4.08. The Morgan fingerprint density at radius 1 is 1.03 bits per heavy atom. The molecule has 2 aromatic carbocycles. The molecule has 1 aliphatic rings. The summed E-state index contributed by atoms with van der Waals surface area (Å²) in [6.07, 6.45) is -1.44. The van der Waals surface area contributed by atoms with E-state index < -0.39 is 6.43 Å². The van der Waals surface area contributed by atoms with Gasteiger partial charge in [-0.05, 0) is 35.9 Å². The van der Waals surface area contributed by atoms with Gasteiger partial charge in [0.05, 0.1) is 19.0 Å². The Kier molecular flexibility index (Phi) is 6.41. The average Bonchev–Trinajstić information content (AvgIpc) is 3.33. The molecule has 2 aromatic heterocycles. The summed E-state index contributed by atoms with van der Waals surface area (Å²) in [7, 11) is 1.56. The molecule has 0 spiro atoms. The highest BCUT2D eigenvalue weighted by molar-refractivity contribution is 6.00. The molecule has 3 heterocycles. The smallest absolute Gasteiger partial charge is 0.280 e. The molecule has 1 fully saturated rings. The Bertz CT molecular complexity index is 1320. The van der Waals surface area contributed by atoms with Crippen LogP contribution >= 0.6 is 0 Å². The molecule has 9 heteroatoms. The maximum Gasteiger partial charge on any atom is 0.280 e. The Morgan fingerprint density at radius 2 is 1.74 bits per heavy atom. The first-order valence-corrected chi connectivity index (χ1v) is 11.4. The number of aromatic nitrogens is 3. The largest absolute Gasteiger partial charge is 0.497 e. The molecule has 0 atom stereocenters. The van der Waals surface area contributed by atoms with Crippen molar-refractivity contribution in [1.82, 2.24) is 24.4 Å². The molecule has 0 aliphatic carbocycles. The second-order valence-electron chi connectivity index (χ2n) is 8.44. The first kappa shape index (κ1) is 22.9. The van der Waals surface area contributed by atoms with E-state index in [0.29, 0.717) is 30.1 Å². The predicted molar refractivity (Wildman–Crippen MR) is 128 cm³/mol. The van der Waals surface area contributed by atoms with E-state index in [1.165, 1.54) is 17.8 Å². The van der Waals surface area contributed by atoms with Crippen LogP contribution in [0.25, 0.3) is 16.9 Å². The number of methoxy groups -OCH3 is 1. The number of amides is 1. The molecule has 1 saturated heterocycles. The van der Waals surface area contributed by atoms with Crippen molar-refractivity contribution in [2.24, 2.45) is 0 Å². The van der Waals surface area contributed by atoms with Gasteiger partial charge in [0.1, 0.15) is 17.0 Å². The van der Waals surface area contributed by atoms with Gasteiger partial charge in [-0.1, -0.05) is 30.3 Å². The molecule has 1 amide bonds. The van der Waals surface area contributed by atoms with E-state index in [4.69, 9.17) is 4.74 Å². The normalized spacial score (nSPS) is 14.6. The quantitative estimate of drug-likeness (QED) is 0.414. The van der Waals surface area contributed by atoms with Crippen LogP contribution in [0.2, 0.25) is 0 Å². The molecule has 0 N–H and O–H groups in total. The Balaban J connectivity index is 1.40. The average molecular weight is 478 g/mol. The first-order chi connectivity index (χ1) is 17.0. The number of fused-ring (bicyclic) bond motifs is 1. The number of hydrogen-bond acceptors (Lipinski definition) is 5. The minimum atomic E-state index is -2.78. The highest BCUT2D eigenvalue weighted by Crippen LogP contribution is 2.28. The van der Waals surface area contributed by atoms with Crippen molar-refractivity contribution in [3.8, 4) is 17.0 Å². The monoisotopic (exact) mass is 477 g/mol. The lowest BCUT2D eigenvalue weighted by atomic mass is 10.1. The van der Waals surface area contributed by atoms with Crippen LogP contribution < -0.4 is 4.74 Å². The number of halogens is 2. The van der Waals surface area contributed by atoms with Crippen molar-refractivity contribution in [3.63, 3.8) is 0 Å². The number of carbonyl (C=O) groups is 1. The Hall–Kier alpha value is -3.85. The molecule has 1 aliphatic heterocycles. The van der Waals surface area contributed by atoms with Crippen LogP contribution in [-0.4, -0.2) is 63.6 Å². The minimum Gasteiger partial charge on any atom is -0.497 e. The van der Waals surface area contributed by atoms with Gasteiger partial charge in [0.2, 0.25) is 0 Å². The third kappa shape index (κ3) is 4.72. The summed E-state index contributed by atoms with van der Waals surface area (Å²) in [5.74, 6) is 0.398. The van der Waals surface area contributed by atoms with Crippen LogP contribution in [0.1, 0.15) is 28.0 Å². The van der Waals surface area contributed by atoms with Crippen molar-refractivity contribution in [3.05, 3.63) is 83.7 Å². The van der Waals surface area contributed by atoms with E-state index in [2.05, 4.69) is 27.1 Å². The standard InChI is InChI=1S/C26H25F2N5O2/c1-35-20-9-7-19(8-10-20)22-15-23(24(27)28)33-25(30-22)21(16-29-33)26(34)32-13-11-31(12-14-32)17-18-5-3-2-4-6-18/h2-10,15-16,24H,11-14,17H2,1H3. The molecule has 180 valence electrons. The van der Waals surface area contributed by atoms with Gasteiger partial charge in [-0.3, -0.25) is 9.69 Å². The van der Waals surface area contributed by atoms with Gasteiger partial charge in [0, 0.05) is 38.3 Å². The van der Waals surface area contributed by atoms with E-state index in [1.54, 1.807) is 36.3 Å². The second-order valence-corrected chi connectivity index (χ2v) is 8.44. The highest BCUT2D eigenvalue weighted by atomic mass is 19.3. The first-order valence-electron chi connectivity index (χ1n) is 11.4. The van der Waals surface area contributed by atoms with E-state index in [-0.39, 0.29) is 22.8 Å². The summed E-state index contributed by atoms with van der Waals surface area (Å²) in [6, 6.07) is 18.5. The predicted octanol–water partition coefficient (Wildman–Crippen LogP) is 4.30. The fourth-order valence-corrected chi connectivity index (χ4v) is 4.32. The molecule has 35 heavy (non-hydrogen) atoms. The maximum absolute atomic E-state index is 13.9. The summed E-state index contributed by atoms with van der Waals surface area (Å²) < 4.78 is 34.0. The number of nitrogens with zero attached hydrogens (tertiary/aromatic N) is 5. The lowest BCUT2D eigenvalue weighted by Crippen LogP contribution is -2.48. The van der Waals surface area contributed by atoms with Gasteiger partial charge in [-0.2, -0.15) is 5.10 Å².